The number of pyridine rings is 1. The molecule has 0 aliphatic carbocycles. The number of carbonyl (C=O) groups is 1. The maximum atomic E-state index is 12.1. The van der Waals surface area contributed by atoms with Crippen LogP contribution in [0.25, 0.3) is 11.5 Å². The molecule has 0 fully saturated rings. The number of carbonyl (C=O) groups excluding carboxylic acids is 1. The molecule has 1 N–H and O–H groups in total. The van der Waals surface area contributed by atoms with E-state index in [0.717, 1.165) is 5.56 Å². The largest absolute Gasteiger partial charge is 0.495 e. The number of thioether (sulfide) groups is 1. The van der Waals surface area contributed by atoms with Crippen molar-refractivity contribution in [3.8, 4) is 17.2 Å². The first-order valence-corrected chi connectivity index (χ1v) is 8.94. The second kappa shape index (κ2) is 8.20. The second-order valence-electron chi connectivity index (χ2n) is 5.22. The molecule has 9 heteroatoms. The lowest BCUT2D eigenvalue weighted by molar-refractivity contribution is -0.113. The van der Waals surface area contributed by atoms with Gasteiger partial charge in [0.2, 0.25) is 5.91 Å². The number of ether oxygens (including phenoxy) is 1. The van der Waals surface area contributed by atoms with Gasteiger partial charge in [-0.2, -0.15) is 4.98 Å². The zero-order valence-electron chi connectivity index (χ0n) is 14.0. The van der Waals surface area contributed by atoms with E-state index in [4.69, 9.17) is 20.9 Å². The third-order valence-corrected chi connectivity index (χ3v) is 4.54. The minimum atomic E-state index is -0.158. The van der Waals surface area contributed by atoms with E-state index in [1.54, 1.807) is 37.4 Å². The number of nitrogens with zero attached hydrogens (tertiary/aromatic N) is 3. The van der Waals surface area contributed by atoms with E-state index in [2.05, 4.69) is 20.4 Å². The molecule has 0 aliphatic heterocycles. The normalized spacial score (nSPS) is 10.6. The molecule has 0 spiro atoms. The highest BCUT2D eigenvalue weighted by atomic mass is 35.5. The van der Waals surface area contributed by atoms with Gasteiger partial charge < -0.3 is 14.6 Å². The van der Waals surface area contributed by atoms with Crippen LogP contribution < -0.4 is 10.1 Å². The van der Waals surface area contributed by atoms with Crippen molar-refractivity contribution in [3.63, 3.8) is 0 Å². The summed E-state index contributed by atoms with van der Waals surface area (Å²) in [4.78, 5) is 20.5. The molecular formula is C17H15ClN4O3S. The second-order valence-corrected chi connectivity index (χ2v) is 6.62. The fourth-order valence-electron chi connectivity index (χ4n) is 2.09. The van der Waals surface area contributed by atoms with Gasteiger partial charge >= 0.3 is 0 Å². The molecule has 3 aromatic rings. The topological polar surface area (TPSA) is 90.1 Å². The van der Waals surface area contributed by atoms with Crippen molar-refractivity contribution in [3.05, 3.63) is 47.4 Å². The molecule has 0 bridgehead atoms. The number of aryl methyl sites for hydroxylation is 1. The van der Waals surface area contributed by atoms with E-state index in [1.165, 1.54) is 18.9 Å². The molecule has 0 saturated carbocycles. The Labute approximate surface area is 159 Å². The van der Waals surface area contributed by atoms with Gasteiger partial charge in [-0.1, -0.05) is 28.5 Å². The first-order chi connectivity index (χ1) is 12.5. The molecule has 7 nitrogen and oxygen atoms in total. The zero-order chi connectivity index (χ0) is 18.5. The van der Waals surface area contributed by atoms with Crippen molar-refractivity contribution in [2.45, 2.75) is 11.9 Å². The summed E-state index contributed by atoms with van der Waals surface area (Å²) in [5, 5.41) is 7.68. The summed E-state index contributed by atoms with van der Waals surface area (Å²) in [7, 11) is 1.54. The minimum absolute atomic E-state index is 0.158. The first-order valence-electron chi connectivity index (χ1n) is 7.58. The summed E-state index contributed by atoms with van der Waals surface area (Å²) < 4.78 is 10.2. The zero-order valence-corrected chi connectivity index (χ0v) is 15.6. The Kier molecular flexibility index (Phi) is 5.75. The number of hydrogen-bond acceptors (Lipinski definition) is 7. The fraction of sp³-hybridized carbons (Fsp3) is 0.176. The molecule has 0 saturated heterocycles. The smallest absolute Gasteiger partial charge is 0.259 e. The molecule has 1 amide bonds. The maximum Gasteiger partial charge on any atom is 0.259 e. The Morgan fingerprint density at radius 2 is 2.19 bits per heavy atom. The van der Waals surface area contributed by atoms with Crippen LogP contribution >= 0.6 is 23.4 Å². The molecule has 0 atom stereocenters. The number of nitrogens with one attached hydrogen (secondary N) is 1. The van der Waals surface area contributed by atoms with Crippen LogP contribution in [0.15, 0.2) is 46.1 Å². The molecule has 0 radical (unpaired) electrons. The highest BCUT2D eigenvalue weighted by Gasteiger charge is 2.09. The van der Waals surface area contributed by atoms with Crippen LogP contribution in [0.4, 0.5) is 5.69 Å². The SMILES string of the molecule is COc1ccc(NC(=O)CSc2ccc(-c3nc(C)no3)cn2)cc1Cl. The van der Waals surface area contributed by atoms with Gasteiger partial charge in [0.25, 0.3) is 5.89 Å². The fourth-order valence-corrected chi connectivity index (χ4v) is 2.99. The first kappa shape index (κ1) is 18.2. The van der Waals surface area contributed by atoms with Crippen molar-refractivity contribution in [2.24, 2.45) is 0 Å². The van der Waals surface area contributed by atoms with Gasteiger partial charge in [0.05, 0.1) is 28.5 Å². The summed E-state index contributed by atoms with van der Waals surface area (Å²) >= 11 is 7.37. The number of benzene rings is 1. The average molecular weight is 391 g/mol. The summed E-state index contributed by atoms with van der Waals surface area (Å²) in [6, 6.07) is 8.69. The summed E-state index contributed by atoms with van der Waals surface area (Å²) in [5.41, 5.74) is 1.34. The molecule has 2 heterocycles. The minimum Gasteiger partial charge on any atom is -0.495 e. The Morgan fingerprint density at radius 1 is 1.35 bits per heavy atom. The monoisotopic (exact) mass is 390 g/mol. The van der Waals surface area contributed by atoms with Crippen LogP contribution in [0.1, 0.15) is 5.82 Å². The van der Waals surface area contributed by atoms with Gasteiger partial charge in [-0.3, -0.25) is 4.79 Å². The number of amides is 1. The van der Waals surface area contributed by atoms with E-state index >= 15 is 0 Å². The van der Waals surface area contributed by atoms with Crippen molar-refractivity contribution in [2.75, 3.05) is 18.2 Å². The predicted octanol–water partition coefficient (Wildman–Crippen LogP) is 3.83. The lowest BCUT2D eigenvalue weighted by Crippen LogP contribution is -2.14. The molecule has 134 valence electrons. The number of hydrogen-bond donors (Lipinski definition) is 1. The molecule has 3 rings (SSSR count). The van der Waals surface area contributed by atoms with Crippen LogP contribution in [0.3, 0.4) is 0 Å². The Balaban J connectivity index is 1.55. The number of methoxy groups -OCH3 is 1. The van der Waals surface area contributed by atoms with Crippen LogP contribution in [0.5, 0.6) is 5.75 Å². The Bertz CT molecular complexity index is 915. The predicted molar refractivity (Wildman–Crippen MR) is 99.6 cm³/mol. The quantitative estimate of drug-likeness (QED) is 0.639. The Hall–Kier alpha value is -2.58. The molecule has 26 heavy (non-hydrogen) atoms. The van der Waals surface area contributed by atoms with Crippen molar-refractivity contribution in [1.82, 2.24) is 15.1 Å². The average Bonchev–Trinajstić information content (AvgIpc) is 3.07. The molecule has 2 aromatic heterocycles. The molecule has 0 aliphatic rings. The maximum absolute atomic E-state index is 12.1. The molecular weight excluding hydrogens is 376 g/mol. The summed E-state index contributed by atoms with van der Waals surface area (Å²) in [6.07, 6.45) is 1.64. The number of halogens is 1. The lowest BCUT2D eigenvalue weighted by atomic mass is 10.3. The standard InChI is InChI=1S/C17H15ClN4O3S/c1-10-20-17(25-22-10)11-3-6-16(19-8-11)26-9-15(23)21-12-4-5-14(24-2)13(18)7-12/h3-8H,9H2,1-2H3,(H,21,23). The molecule has 0 unspecified atom stereocenters. The van der Waals surface area contributed by atoms with Gasteiger partial charge in [0.15, 0.2) is 5.82 Å². The number of rotatable bonds is 6. The summed E-state index contributed by atoms with van der Waals surface area (Å²) in [5.74, 6) is 1.60. The number of anilines is 1. The lowest BCUT2D eigenvalue weighted by Gasteiger charge is -2.08. The highest BCUT2D eigenvalue weighted by molar-refractivity contribution is 7.99. The van der Waals surface area contributed by atoms with Crippen LogP contribution in [0.2, 0.25) is 5.02 Å². The van der Waals surface area contributed by atoms with E-state index in [0.29, 0.717) is 33.2 Å². The van der Waals surface area contributed by atoms with Gasteiger partial charge in [-0.25, -0.2) is 4.98 Å². The van der Waals surface area contributed by atoms with Gasteiger partial charge in [-0.05, 0) is 37.3 Å². The van der Waals surface area contributed by atoms with E-state index < -0.39 is 0 Å². The van der Waals surface area contributed by atoms with E-state index in [1.807, 2.05) is 6.07 Å². The van der Waals surface area contributed by atoms with Crippen molar-refractivity contribution in [1.29, 1.82) is 0 Å². The highest BCUT2D eigenvalue weighted by Crippen LogP contribution is 2.27. The van der Waals surface area contributed by atoms with Gasteiger partial charge in [0, 0.05) is 11.9 Å². The van der Waals surface area contributed by atoms with Crippen molar-refractivity contribution < 1.29 is 14.1 Å². The van der Waals surface area contributed by atoms with Crippen molar-refractivity contribution >= 4 is 35.0 Å². The van der Waals surface area contributed by atoms with Gasteiger partial charge in [-0.15, -0.1) is 0 Å². The summed E-state index contributed by atoms with van der Waals surface area (Å²) in [6.45, 7) is 1.75. The Morgan fingerprint density at radius 3 is 2.81 bits per heavy atom. The van der Waals surface area contributed by atoms with E-state index in [9.17, 15) is 4.79 Å². The van der Waals surface area contributed by atoms with Crippen LogP contribution in [-0.4, -0.2) is 33.9 Å². The third kappa shape index (κ3) is 4.53. The van der Waals surface area contributed by atoms with Crippen LogP contribution in [-0.2, 0) is 4.79 Å². The van der Waals surface area contributed by atoms with E-state index in [-0.39, 0.29) is 11.7 Å². The third-order valence-electron chi connectivity index (χ3n) is 3.30. The number of aromatic nitrogens is 3. The molecule has 1 aromatic carbocycles. The van der Waals surface area contributed by atoms with Crippen LogP contribution in [0, 0.1) is 6.92 Å². The van der Waals surface area contributed by atoms with Gasteiger partial charge in [0.1, 0.15) is 5.75 Å².